The molecule has 0 aromatic heterocycles. The Hall–Kier alpha value is -1.84. The van der Waals surface area contributed by atoms with Crippen molar-refractivity contribution < 1.29 is 19.1 Å². The highest BCUT2D eigenvalue weighted by Crippen LogP contribution is 1.98. The summed E-state index contributed by atoms with van der Waals surface area (Å²) in [5, 5.41) is 0. The molecule has 0 bridgehead atoms. The van der Waals surface area contributed by atoms with Crippen molar-refractivity contribution in [3.05, 3.63) is 36.5 Å². The van der Waals surface area contributed by atoms with E-state index < -0.39 is 0 Å². The molecular weight excluding hydrogens is 232 g/mol. The number of methoxy groups -OCH3 is 1. The lowest BCUT2D eigenvalue weighted by Crippen LogP contribution is -1.98. The molecule has 0 unspecified atom stereocenters. The van der Waals surface area contributed by atoms with Gasteiger partial charge in [0.15, 0.2) is 0 Å². The summed E-state index contributed by atoms with van der Waals surface area (Å²) in [7, 11) is 1.39. The summed E-state index contributed by atoms with van der Waals surface area (Å²) >= 11 is 0. The number of hydrogen-bond donors (Lipinski definition) is 0. The van der Waals surface area contributed by atoms with Crippen molar-refractivity contribution in [1.29, 1.82) is 0 Å². The van der Waals surface area contributed by atoms with Crippen LogP contribution in [0.5, 0.6) is 0 Å². The average Bonchev–Trinajstić information content (AvgIpc) is 2.35. The molecule has 0 rings (SSSR count). The molecule has 4 nitrogen and oxygen atoms in total. The van der Waals surface area contributed by atoms with Gasteiger partial charge < -0.3 is 9.47 Å². The molecule has 0 aliphatic rings. The second-order valence-electron chi connectivity index (χ2n) is 3.51. The highest BCUT2D eigenvalue weighted by atomic mass is 16.5. The van der Waals surface area contributed by atoms with E-state index in [4.69, 9.17) is 4.74 Å². The maximum absolute atomic E-state index is 10.8. The smallest absolute Gasteiger partial charge is 0.305 e. The highest BCUT2D eigenvalue weighted by molar-refractivity contribution is 5.69. The fraction of sp³-hybridized carbons (Fsp3) is 0.429. The molecule has 0 aliphatic carbocycles. The van der Waals surface area contributed by atoms with Crippen molar-refractivity contribution in [3.8, 4) is 0 Å². The van der Waals surface area contributed by atoms with Crippen LogP contribution in [-0.4, -0.2) is 25.7 Å². The third-order valence-electron chi connectivity index (χ3n) is 1.97. The van der Waals surface area contributed by atoms with Gasteiger partial charge in [-0.15, -0.1) is 0 Å². The van der Waals surface area contributed by atoms with E-state index >= 15 is 0 Å². The second kappa shape index (κ2) is 11.6. The molecule has 0 aromatic carbocycles. The largest absolute Gasteiger partial charge is 0.469 e. The Morgan fingerprint density at radius 1 is 1.06 bits per heavy atom. The molecule has 100 valence electrons. The molecule has 0 atom stereocenters. The Kier molecular flexibility index (Phi) is 10.4. The summed E-state index contributed by atoms with van der Waals surface area (Å²) in [6.07, 6.45) is 13.3. The molecule has 18 heavy (non-hydrogen) atoms. The van der Waals surface area contributed by atoms with Gasteiger partial charge in [-0.25, -0.2) is 0 Å². The fourth-order valence-electron chi connectivity index (χ4n) is 1.07. The summed E-state index contributed by atoms with van der Waals surface area (Å²) in [6, 6.07) is 0. The number of esters is 2. The molecule has 4 heteroatoms. The van der Waals surface area contributed by atoms with Gasteiger partial charge in [-0.3, -0.25) is 9.59 Å². The Balaban J connectivity index is 3.51. The lowest BCUT2D eigenvalue weighted by atomic mass is 10.2. The summed E-state index contributed by atoms with van der Waals surface area (Å²) in [6.45, 7) is 1.67. The zero-order chi connectivity index (χ0) is 13.6. The summed E-state index contributed by atoms with van der Waals surface area (Å²) in [4.78, 5) is 21.2. The molecule has 0 saturated carbocycles. The third-order valence-corrected chi connectivity index (χ3v) is 1.97. The Bertz CT molecular complexity index is 327. The Morgan fingerprint density at radius 3 is 2.33 bits per heavy atom. The van der Waals surface area contributed by atoms with E-state index in [1.807, 2.05) is 30.4 Å². The summed E-state index contributed by atoms with van der Waals surface area (Å²) in [5.74, 6) is -0.457. The van der Waals surface area contributed by atoms with Gasteiger partial charge in [0.25, 0.3) is 0 Å². The maximum atomic E-state index is 10.8. The second-order valence-corrected chi connectivity index (χ2v) is 3.51. The SMILES string of the molecule is COC(=O)CCC\C=C/C=C/C=C/COC(C)=O. The van der Waals surface area contributed by atoms with E-state index in [1.54, 1.807) is 6.08 Å². The van der Waals surface area contributed by atoms with Crippen LogP contribution in [0.4, 0.5) is 0 Å². The van der Waals surface area contributed by atoms with Crippen LogP contribution < -0.4 is 0 Å². The van der Waals surface area contributed by atoms with Crippen molar-refractivity contribution in [3.63, 3.8) is 0 Å². The van der Waals surface area contributed by atoms with Gasteiger partial charge in [0.2, 0.25) is 0 Å². The normalized spacial score (nSPS) is 11.4. The van der Waals surface area contributed by atoms with Crippen molar-refractivity contribution in [2.75, 3.05) is 13.7 Å². The number of carbonyl (C=O) groups excluding carboxylic acids is 2. The van der Waals surface area contributed by atoms with E-state index in [1.165, 1.54) is 14.0 Å². The first-order valence-corrected chi connectivity index (χ1v) is 5.85. The van der Waals surface area contributed by atoms with Crippen LogP contribution >= 0.6 is 0 Å². The minimum Gasteiger partial charge on any atom is -0.469 e. The van der Waals surface area contributed by atoms with Crippen LogP contribution in [0.1, 0.15) is 26.2 Å². The number of rotatable bonds is 8. The van der Waals surface area contributed by atoms with Gasteiger partial charge in [0.05, 0.1) is 7.11 Å². The number of hydrogen-bond acceptors (Lipinski definition) is 4. The number of ether oxygens (including phenoxy) is 2. The van der Waals surface area contributed by atoms with Crippen LogP contribution in [0.25, 0.3) is 0 Å². The van der Waals surface area contributed by atoms with Crippen LogP contribution in [-0.2, 0) is 19.1 Å². The fourth-order valence-corrected chi connectivity index (χ4v) is 1.07. The molecular formula is C14H20O4. The van der Waals surface area contributed by atoms with Crippen molar-refractivity contribution in [2.24, 2.45) is 0 Å². The number of unbranched alkanes of at least 4 members (excludes halogenated alkanes) is 1. The molecule has 0 aromatic rings. The van der Waals surface area contributed by atoms with Gasteiger partial charge in [0, 0.05) is 13.3 Å². The van der Waals surface area contributed by atoms with Gasteiger partial charge in [-0.2, -0.15) is 0 Å². The monoisotopic (exact) mass is 252 g/mol. The number of carbonyl (C=O) groups is 2. The first kappa shape index (κ1) is 16.2. The minimum absolute atomic E-state index is 0.174. The van der Waals surface area contributed by atoms with Gasteiger partial charge in [0.1, 0.15) is 6.61 Å². The van der Waals surface area contributed by atoms with E-state index in [2.05, 4.69) is 4.74 Å². The molecule has 0 saturated heterocycles. The predicted octanol–water partition coefficient (Wildman–Crippen LogP) is 2.56. The van der Waals surface area contributed by atoms with Crippen LogP contribution in [0.15, 0.2) is 36.5 Å². The third kappa shape index (κ3) is 12.2. The van der Waals surface area contributed by atoms with Gasteiger partial charge >= 0.3 is 11.9 Å². The predicted molar refractivity (Wildman–Crippen MR) is 69.9 cm³/mol. The van der Waals surface area contributed by atoms with Crippen LogP contribution in [0.3, 0.4) is 0 Å². The molecule has 0 heterocycles. The molecule has 0 aliphatic heterocycles. The zero-order valence-corrected chi connectivity index (χ0v) is 10.9. The Morgan fingerprint density at radius 2 is 1.72 bits per heavy atom. The molecule has 0 fully saturated rings. The van der Waals surface area contributed by atoms with E-state index in [0.717, 1.165) is 12.8 Å². The molecule has 0 spiro atoms. The average molecular weight is 252 g/mol. The summed E-state index contributed by atoms with van der Waals surface area (Å²) in [5.41, 5.74) is 0. The maximum Gasteiger partial charge on any atom is 0.305 e. The molecule has 0 radical (unpaired) electrons. The highest BCUT2D eigenvalue weighted by Gasteiger charge is 1.96. The summed E-state index contributed by atoms with van der Waals surface area (Å²) < 4.78 is 9.24. The topological polar surface area (TPSA) is 52.6 Å². The lowest BCUT2D eigenvalue weighted by Gasteiger charge is -1.94. The van der Waals surface area contributed by atoms with Crippen molar-refractivity contribution in [1.82, 2.24) is 0 Å². The van der Waals surface area contributed by atoms with Gasteiger partial charge in [-0.05, 0) is 18.9 Å². The molecule has 0 amide bonds. The Labute approximate surface area is 108 Å². The van der Waals surface area contributed by atoms with E-state index in [9.17, 15) is 9.59 Å². The first-order chi connectivity index (χ1) is 8.66. The van der Waals surface area contributed by atoms with Crippen LogP contribution in [0, 0.1) is 0 Å². The van der Waals surface area contributed by atoms with E-state index in [0.29, 0.717) is 13.0 Å². The zero-order valence-electron chi connectivity index (χ0n) is 10.9. The van der Waals surface area contributed by atoms with Crippen LogP contribution in [0.2, 0.25) is 0 Å². The minimum atomic E-state index is -0.283. The lowest BCUT2D eigenvalue weighted by molar-refractivity contribution is -0.141. The first-order valence-electron chi connectivity index (χ1n) is 5.85. The van der Waals surface area contributed by atoms with Crippen molar-refractivity contribution in [2.45, 2.75) is 26.2 Å². The quantitative estimate of drug-likeness (QED) is 0.378. The van der Waals surface area contributed by atoms with E-state index in [-0.39, 0.29) is 11.9 Å². The standard InChI is InChI=1S/C14H20O4/c1-13(15)18-12-10-8-6-4-3-5-7-9-11-14(16)17-2/h3-6,8,10H,7,9,11-12H2,1-2H3/b5-3-,6-4+,10-8+. The van der Waals surface area contributed by atoms with Gasteiger partial charge in [-0.1, -0.05) is 30.4 Å². The molecule has 0 N–H and O–H groups in total. The number of allylic oxidation sites excluding steroid dienone is 5. The van der Waals surface area contributed by atoms with Crippen molar-refractivity contribution >= 4 is 11.9 Å².